The van der Waals surface area contributed by atoms with Crippen LogP contribution in [0.3, 0.4) is 0 Å². The van der Waals surface area contributed by atoms with Gasteiger partial charge in [0.15, 0.2) is 5.11 Å². The molecule has 138 valence electrons. The number of benzene rings is 1. The van der Waals surface area contributed by atoms with Gasteiger partial charge in [0, 0.05) is 24.8 Å². The molecule has 1 aromatic carbocycles. The summed E-state index contributed by atoms with van der Waals surface area (Å²) in [4.78, 5) is 28.3. The van der Waals surface area contributed by atoms with E-state index in [0.29, 0.717) is 5.92 Å². The maximum Gasteiger partial charge on any atom is 0.265 e. The molecule has 0 bridgehead atoms. The van der Waals surface area contributed by atoms with Crippen molar-refractivity contribution in [3.8, 4) is 0 Å². The van der Waals surface area contributed by atoms with Gasteiger partial charge in [-0.1, -0.05) is 13.0 Å². The van der Waals surface area contributed by atoms with E-state index in [1.165, 1.54) is 16.2 Å². The molecule has 2 aliphatic heterocycles. The number of carbonyl (C=O) groups is 2. The average Bonchev–Trinajstić information content (AvgIpc) is 2.57. The minimum absolute atomic E-state index is 0.109. The topological polar surface area (TPSA) is 52.7 Å². The van der Waals surface area contributed by atoms with Crippen molar-refractivity contribution in [3.05, 3.63) is 34.9 Å². The second-order valence-corrected chi connectivity index (χ2v) is 8.05. The average molecular weight is 372 g/mol. The number of carbonyl (C=O) groups excluding carboxylic acids is 2. The number of nitrogens with one attached hydrogen (secondary N) is 1. The van der Waals surface area contributed by atoms with Crippen LogP contribution in [0, 0.1) is 0 Å². The molecule has 0 aliphatic carbocycles. The van der Waals surface area contributed by atoms with Gasteiger partial charge in [-0.3, -0.25) is 19.8 Å². The van der Waals surface area contributed by atoms with Gasteiger partial charge in [0.1, 0.15) is 5.57 Å². The first-order chi connectivity index (χ1) is 12.2. The van der Waals surface area contributed by atoms with Crippen molar-refractivity contribution in [2.45, 2.75) is 45.6 Å². The van der Waals surface area contributed by atoms with Crippen molar-refractivity contribution in [3.63, 3.8) is 0 Å². The van der Waals surface area contributed by atoms with Crippen molar-refractivity contribution in [1.82, 2.24) is 10.2 Å². The van der Waals surface area contributed by atoms with Crippen LogP contribution in [0.25, 0.3) is 6.08 Å². The summed E-state index contributed by atoms with van der Waals surface area (Å²) in [6.07, 6.45) is 2.71. The summed E-state index contributed by atoms with van der Waals surface area (Å²) in [5, 5.41) is 2.69. The van der Waals surface area contributed by atoms with E-state index in [0.717, 1.165) is 18.5 Å². The predicted molar refractivity (Wildman–Crippen MR) is 108 cm³/mol. The molecule has 2 amide bonds. The number of nitrogens with zero attached hydrogens (tertiary/aromatic N) is 2. The standard InChI is InChI=1S/C20H25N3O2S/c1-6-23-16-8-7-13(9-14(16)12(2)11-20(23,3)4)10-15-17(24)21-19(26)22(5)18(15)25/h7-10,12H,6,11H2,1-5H3,(H,21,24,26)/b15-10+/t12-/m0/s1. The maximum atomic E-state index is 12.4. The van der Waals surface area contributed by atoms with Crippen LogP contribution in [0.2, 0.25) is 0 Å². The molecule has 1 aromatic rings. The molecule has 0 unspecified atom stereocenters. The van der Waals surface area contributed by atoms with Crippen molar-refractivity contribution in [1.29, 1.82) is 0 Å². The summed E-state index contributed by atoms with van der Waals surface area (Å²) in [6.45, 7) is 9.89. The van der Waals surface area contributed by atoms with E-state index in [1.54, 1.807) is 13.1 Å². The minimum atomic E-state index is -0.444. The van der Waals surface area contributed by atoms with Crippen LogP contribution in [0.1, 0.15) is 51.2 Å². The number of likely N-dealkylation sites (N-methyl/N-ethyl adjacent to an activating group) is 1. The third kappa shape index (κ3) is 3.03. The summed E-state index contributed by atoms with van der Waals surface area (Å²) in [6, 6.07) is 6.16. The molecular weight excluding hydrogens is 346 g/mol. The fourth-order valence-corrected chi connectivity index (χ4v) is 4.29. The van der Waals surface area contributed by atoms with Crippen LogP contribution >= 0.6 is 12.2 Å². The number of rotatable bonds is 2. The summed E-state index contributed by atoms with van der Waals surface area (Å²) in [5.74, 6) is -0.409. The Morgan fingerprint density at radius 3 is 2.69 bits per heavy atom. The maximum absolute atomic E-state index is 12.4. The molecule has 1 saturated heterocycles. The van der Waals surface area contributed by atoms with E-state index in [9.17, 15) is 9.59 Å². The van der Waals surface area contributed by atoms with Gasteiger partial charge in [-0.25, -0.2) is 0 Å². The monoisotopic (exact) mass is 371 g/mol. The Bertz CT molecular complexity index is 828. The van der Waals surface area contributed by atoms with E-state index >= 15 is 0 Å². The fraction of sp³-hybridized carbons (Fsp3) is 0.450. The first-order valence-corrected chi connectivity index (χ1v) is 9.33. The zero-order valence-electron chi connectivity index (χ0n) is 15.9. The molecule has 2 heterocycles. The second-order valence-electron chi connectivity index (χ2n) is 7.66. The Morgan fingerprint density at radius 2 is 2.04 bits per heavy atom. The molecule has 3 rings (SSSR count). The molecule has 2 aliphatic rings. The van der Waals surface area contributed by atoms with E-state index < -0.39 is 5.91 Å². The smallest absolute Gasteiger partial charge is 0.265 e. The summed E-state index contributed by atoms with van der Waals surface area (Å²) in [5.41, 5.74) is 3.56. The highest BCUT2D eigenvalue weighted by Crippen LogP contribution is 2.43. The largest absolute Gasteiger partial charge is 0.366 e. The lowest BCUT2D eigenvalue weighted by molar-refractivity contribution is -0.128. The van der Waals surface area contributed by atoms with Crippen molar-refractivity contribution in [2.75, 3.05) is 18.5 Å². The fourth-order valence-electron chi connectivity index (χ4n) is 4.11. The van der Waals surface area contributed by atoms with E-state index in [-0.39, 0.29) is 22.1 Å². The highest BCUT2D eigenvalue weighted by molar-refractivity contribution is 7.80. The molecular formula is C20H25N3O2S. The highest BCUT2D eigenvalue weighted by Gasteiger charge is 2.35. The van der Waals surface area contributed by atoms with Crippen molar-refractivity contribution in [2.24, 2.45) is 0 Å². The van der Waals surface area contributed by atoms with E-state index in [4.69, 9.17) is 12.2 Å². The third-order valence-corrected chi connectivity index (χ3v) is 5.72. The molecule has 0 saturated carbocycles. The van der Waals surface area contributed by atoms with Gasteiger partial charge in [-0.15, -0.1) is 0 Å². The Kier molecular flexibility index (Phi) is 4.65. The highest BCUT2D eigenvalue weighted by atomic mass is 32.1. The zero-order valence-corrected chi connectivity index (χ0v) is 16.7. The van der Waals surface area contributed by atoms with Gasteiger partial charge in [0.2, 0.25) is 0 Å². The van der Waals surface area contributed by atoms with Gasteiger partial charge < -0.3 is 4.90 Å². The van der Waals surface area contributed by atoms with Gasteiger partial charge in [-0.05, 0) is 74.7 Å². The van der Waals surface area contributed by atoms with Crippen LogP contribution in [-0.4, -0.2) is 41.0 Å². The second kappa shape index (κ2) is 6.50. The number of anilines is 1. The molecule has 1 N–H and O–H groups in total. The van der Waals surface area contributed by atoms with Crippen LogP contribution < -0.4 is 10.2 Å². The lowest BCUT2D eigenvalue weighted by Crippen LogP contribution is -2.52. The number of thiocarbonyl (C=S) groups is 1. The zero-order chi connectivity index (χ0) is 19.2. The first-order valence-electron chi connectivity index (χ1n) is 8.92. The van der Waals surface area contributed by atoms with Crippen LogP contribution in [0.15, 0.2) is 23.8 Å². The molecule has 26 heavy (non-hydrogen) atoms. The Balaban J connectivity index is 2.02. The molecule has 6 heteroatoms. The summed E-state index contributed by atoms with van der Waals surface area (Å²) < 4.78 is 0. The van der Waals surface area contributed by atoms with Crippen LogP contribution in [0.5, 0.6) is 0 Å². The Labute approximate surface area is 160 Å². The van der Waals surface area contributed by atoms with Crippen molar-refractivity contribution >= 4 is 40.9 Å². The van der Waals surface area contributed by atoms with Gasteiger partial charge in [-0.2, -0.15) is 0 Å². The Morgan fingerprint density at radius 1 is 1.35 bits per heavy atom. The molecule has 0 aromatic heterocycles. The van der Waals surface area contributed by atoms with Gasteiger partial charge in [0.05, 0.1) is 0 Å². The molecule has 1 atom stereocenters. The lowest BCUT2D eigenvalue weighted by atomic mass is 9.79. The minimum Gasteiger partial charge on any atom is -0.366 e. The molecule has 0 spiro atoms. The quantitative estimate of drug-likeness (QED) is 0.493. The van der Waals surface area contributed by atoms with Crippen LogP contribution in [0.4, 0.5) is 5.69 Å². The summed E-state index contributed by atoms with van der Waals surface area (Å²) >= 11 is 4.98. The van der Waals surface area contributed by atoms with E-state index in [2.05, 4.69) is 50.0 Å². The first kappa shape index (κ1) is 18.6. The number of fused-ring (bicyclic) bond motifs is 1. The van der Waals surface area contributed by atoms with E-state index in [1.807, 2.05) is 6.07 Å². The SMILES string of the molecule is CCN1c2ccc(/C=C3\C(=O)NC(=S)N(C)C3=O)cc2[C@@H](C)CC1(C)C. The van der Waals surface area contributed by atoms with Gasteiger partial charge in [0.25, 0.3) is 11.8 Å². The van der Waals surface area contributed by atoms with Gasteiger partial charge >= 0.3 is 0 Å². The molecule has 1 fully saturated rings. The predicted octanol–water partition coefficient (Wildman–Crippen LogP) is 3.06. The number of amides is 2. The number of hydrogen-bond donors (Lipinski definition) is 1. The normalized spacial score (nSPS) is 24.0. The summed E-state index contributed by atoms with van der Waals surface area (Å²) in [7, 11) is 1.56. The lowest BCUT2D eigenvalue weighted by Gasteiger charge is -2.47. The van der Waals surface area contributed by atoms with Crippen molar-refractivity contribution < 1.29 is 9.59 Å². The van der Waals surface area contributed by atoms with Crippen LogP contribution in [-0.2, 0) is 9.59 Å². The molecule has 5 nitrogen and oxygen atoms in total. The third-order valence-electron chi connectivity index (χ3n) is 5.34. The number of hydrogen-bond acceptors (Lipinski definition) is 4. The Hall–Kier alpha value is -2.21. The molecule has 0 radical (unpaired) electrons.